The van der Waals surface area contributed by atoms with Gasteiger partial charge in [0.2, 0.25) is 15.9 Å². The van der Waals surface area contributed by atoms with E-state index < -0.39 is 10.0 Å². The largest absolute Gasteiger partial charge is 0.492 e. The number of carbonyl (C=O) groups excluding carboxylic acids is 1. The van der Waals surface area contributed by atoms with Crippen LogP contribution in [-0.4, -0.2) is 44.9 Å². The van der Waals surface area contributed by atoms with E-state index in [4.69, 9.17) is 16.3 Å². The minimum absolute atomic E-state index is 0.0860. The van der Waals surface area contributed by atoms with Gasteiger partial charge in [0, 0.05) is 18.1 Å². The lowest BCUT2D eigenvalue weighted by molar-refractivity contribution is -0.126. The van der Waals surface area contributed by atoms with Crippen LogP contribution in [0, 0.1) is 5.92 Å². The molecule has 0 saturated carbocycles. The molecule has 0 aromatic heterocycles. The summed E-state index contributed by atoms with van der Waals surface area (Å²) < 4.78 is 32.9. The second kappa shape index (κ2) is 10.9. The molecule has 1 amide bonds. The van der Waals surface area contributed by atoms with Crippen molar-refractivity contribution in [3.8, 4) is 5.75 Å². The number of nitrogens with one attached hydrogen (secondary N) is 1. The van der Waals surface area contributed by atoms with Crippen LogP contribution in [0.3, 0.4) is 0 Å². The molecule has 180 valence electrons. The lowest BCUT2D eigenvalue weighted by Crippen LogP contribution is -2.46. The third kappa shape index (κ3) is 7.45. The Bertz CT molecular complexity index is 1030. The smallest absolute Gasteiger partial charge is 0.224 e. The quantitative estimate of drug-likeness (QED) is 0.555. The Labute approximate surface area is 202 Å². The monoisotopic (exact) mass is 492 g/mol. The van der Waals surface area contributed by atoms with E-state index in [2.05, 4.69) is 38.2 Å². The number of sulfonamides is 1. The second-order valence-corrected chi connectivity index (χ2v) is 11.9. The van der Waals surface area contributed by atoms with Crippen LogP contribution in [0.4, 0.5) is 0 Å². The molecule has 1 N–H and O–H groups in total. The minimum Gasteiger partial charge on any atom is -0.492 e. The summed E-state index contributed by atoms with van der Waals surface area (Å²) in [5, 5.41) is 3.45. The van der Waals surface area contributed by atoms with Gasteiger partial charge in [-0.1, -0.05) is 56.6 Å². The van der Waals surface area contributed by atoms with Gasteiger partial charge in [0.15, 0.2) is 0 Å². The Morgan fingerprint density at radius 3 is 2.42 bits per heavy atom. The van der Waals surface area contributed by atoms with Gasteiger partial charge in [-0.05, 0) is 53.6 Å². The molecule has 8 heteroatoms. The molecular formula is C25H33ClN2O4S. The first-order chi connectivity index (χ1) is 15.5. The average molecular weight is 493 g/mol. The van der Waals surface area contributed by atoms with Crippen LogP contribution < -0.4 is 10.1 Å². The van der Waals surface area contributed by atoms with Crippen molar-refractivity contribution in [1.29, 1.82) is 0 Å². The van der Waals surface area contributed by atoms with Crippen molar-refractivity contribution in [3.05, 3.63) is 64.7 Å². The SMILES string of the molecule is CC(C)(C)c1ccc(OCCNC(=O)[C@@H]2CCCN(S(=O)(=O)Cc3ccc(Cl)cc3)C2)cc1. The molecule has 2 aromatic carbocycles. The zero-order valence-corrected chi connectivity index (χ0v) is 21.1. The molecule has 1 aliphatic rings. The van der Waals surface area contributed by atoms with Crippen LogP contribution in [0.15, 0.2) is 48.5 Å². The van der Waals surface area contributed by atoms with E-state index in [1.807, 2.05) is 12.1 Å². The summed E-state index contributed by atoms with van der Waals surface area (Å²) in [6.45, 7) is 7.85. The van der Waals surface area contributed by atoms with E-state index in [1.54, 1.807) is 24.3 Å². The van der Waals surface area contributed by atoms with Crippen LogP contribution in [0.5, 0.6) is 5.75 Å². The highest BCUT2D eigenvalue weighted by Crippen LogP contribution is 2.24. The second-order valence-electron chi connectivity index (χ2n) is 9.49. The van der Waals surface area contributed by atoms with Crippen molar-refractivity contribution in [3.63, 3.8) is 0 Å². The molecule has 0 radical (unpaired) electrons. The molecule has 3 rings (SSSR count). The fourth-order valence-electron chi connectivity index (χ4n) is 3.83. The summed E-state index contributed by atoms with van der Waals surface area (Å²) >= 11 is 5.88. The topological polar surface area (TPSA) is 75.7 Å². The predicted octanol–water partition coefficient (Wildman–Crippen LogP) is 4.37. The van der Waals surface area contributed by atoms with Crippen molar-refractivity contribution in [2.75, 3.05) is 26.2 Å². The van der Waals surface area contributed by atoms with Gasteiger partial charge in [-0.2, -0.15) is 0 Å². The Morgan fingerprint density at radius 2 is 1.79 bits per heavy atom. The lowest BCUT2D eigenvalue weighted by atomic mass is 9.87. The van der Waals surface area contributed by atoms with Gasteiger partial charge in [-0.25, -0.2) is 12.7 Å². The fourth-order valence-corrected chi connectivity index (χ4v) is 5.57. The molecule has 6 nitrogen and oxygen atoms in total. The summed E-state index contributed by atoms with van der Waals surface area (Å²) in [5.41, 5.74) is 2.00. The van der Waals surface area contributed by atoms with Gasteiger partial charge < -0.3 is 10.1 Å². The summed E-state index contributed by atoms with van der Waals surface area (Å²) in [5.74, 6) is 0.174. The number of hydrogen-bond acceptors (Lipinski definition) is 4. The summed E-state index contributed by atoms with van der Waals surface area (Å²) in [7, 11) is -3.51. The summed E-state index contributed by atoms with van der Waals surface area (Å²) in [4.78, 5) is 12.6. The van der Waals surface area contributed by atoms with Crippen LogP contribution in [0.2, 0.25) is 5.02 Å². The van der Waals surface area contributed by atoms with E-state index in [0.717, 1.165) is 5.75 Å². The molecule has 1 saturated heterocycles. The Morgan fingerprint density at radius 1 is 1.12 bits per heavy atom. The first kappa shape index (κ1) is 25.5. The molecule has 0 unspecified atom stereocenters. The van der Waals surface area contributed by atoms with Gasteiger partial charge in [-0.15, -0.1) is 0 Å². The number of piperidine rings is 1. The molecule has 2 aromatic rings. The highest BCUT2D eigenvalue weighted by atomic mass is 35.5. The Balaban J connectivity index is 1.45. The molecule has 0 spiro atoms. The van der Waals surface area contributed by atoms with Gasteiger partial charge in [0.05, 0.1) is 18.2 Å². The fraction of sp³-hybridized carbons (Fsp3) is 0.480. The van der Waals surface area contributed by atoms with Crippen molar-refractivity contribution >= 4 is 27.5 Å². The standard InChI is InChI=1S/C25H33ClN2O4S/c1-25(2,3)21-8-12-23(13-9-21)32-16-14-27-24(29)20-5-4-15-28(17-20)33(30,31)18-19-6-10-22(26)11-7-19/h6-13,20H,4-5,14-18H2,1-3H3,(H,27,29)/t20-/m1/s1. The molecule has 0 aliphatic carbocycles. The van der Waals surface area contributed by atoms with Crippen molar-refractivity contribution in [2.24, 2.45) is 5.92 Å². The molecule has 33 heavy (non-hydrogen) atoms. The Hall–Kier alpha value is -2.09. The van der Waals surface area contributed by atoms with E-state index in [0.29, 0.717) is 43.1 Å². The minimum atomic E-state index is -3.51. The van der Waals surface area contributed by atoms with Crippen molar-refractivity contribution < 1.29 is 17.9 Å². The average Bonchev–Trinajstić information content (AvgIpc) is 2.78. The highest BCUT2D eigenvalue weighted by molar-refractivity contribution is 7.88. The third-order valence-electron chi connectivity index (χ3n) is 5.80. The maximum atomic E-state index is 12.9. The number of benzene rings is 2. The number of amides is 1. The molecule has 1 aliphatic heterocycles. The number of nitrogens with zero attached hydrogens (tertiary/aromatic N) is 1. The van der Waals surface area contributed by atoms with Gasteiger partial charge in [0.1, 0.15) is 12.4 Å². The Kier molecular flexibility index (Phi) is 8.43. The molecule has 1 heterocycles. The maximum Gasteiger partial charge on any atom is 0.224 e. The first-order valence-corrected chi connectivity index (χ1v) is 13.3. The molecule has 1 fully saturated rings. The number of hydrogen-bond donors (Lipinski definition) is 1. The molecule has 0 bridgehead atoms. The zero-order chi connectivity index (χ0) is 24.1. The lowest BCUT2D eigenvalue weighted by Gasteiger charge is -2.31. The van der Waals surface area contributed by atoms with Gasteiger partial charge >= 0.3 is 0 Å². The van der Waals surface area contributed by atoms with Crippen LogP contribution in [0.25, 0.3) is 0 Å². The van der Waals surface area contributed by atoms with E-state index >= 15 is 0 Å². The van der Waals surface area contributed by atoms with Crippen LogP contribution in [-0.2, 0) is 26.0 Å². The van der Waals surface area contributed by atoms with E-state index in [-0.39, 0.29) is 29.5 Å². The van der Waals surface area contributed by atoms with Gasteiger partial charge in [-0.3, -0.25) is 4.79 Å². The van der Waals surface area contributed by atoms with Crippen molar-refractivity contribution in [1.82, 2.24) is 9.62 Å². The van der Waals surface area contributed by atoms with Crippen molar-refractivity contribution in [2.45, 2.75) is 44.8 Å². The van der Waals surface area contributed by atoms with E-state index in [9.17, 15) is 13.2 Å². The summed E-state index contributed by atoms with van der Waals surface area (Å²) in [6, 6.07) is 14.8. The predicted molar refractivity (Wildman–Crippen MR) is 132 cm³/mol. The number of halogens is 1. The third-order valence-corrected chi connectivity index (χ3v) is 7.87. The maximum absolute atomic E-state index is 12.9. The van der Waals surface area contributed by atoms with E-state index in [1.165, 1.54) is 9.87 Å². The highest BCUT2D eigenvalue weighted by Gasteiger charge is 2.32. The van der Waals surface area contributed by atoms with Crippen LogP contribution in [0.1, 0.15) is 44.7 Å². The number of ether oxygens (including phenoxy) is 1. The zero-order valence-electron chi connectivity index (χ0n) is 19.5. The first-order valence-electron chi connectivity index (χ1n) is 11.3. The van der Waals surface area contributed by atoms with Crippen LogP contribution >= 0.6 is 11.6 Å². The summed E-state index contributed by atoms with van der Waals surface area (Å²) in [6.07, 6.45) is 1.34. The molecule has 1 atom stereocenters. The number of rotatable bonds is 8. The van der Waals surface area contributed by atoms with Gasteiger partial charge in [0.25, 0.3) is 0 Å². The number of carbonyl (C=O) groups is 1. The normalized spacial score (nSPS) is 17.5. The molecular weight excluding hydrogens is 460 g/mol.